The van der Waals surface area contributed by atoms with Gasteiger partial charge in [0, 0.05) is 0 Å². The third-order valence-corrected chi connectivity index (χ3v) is 2.79. The molecule has 0 fully saturated rings. The predicted octanol–water partition coefficient (Wildman–Crippen LogP) is 2.16. The van der Waals surface area contributed by atoms with Crippen molar-refractivity contribution in [1.29, 1.82) is 0 Å². The number of rotatable bonds is 8. The number of aryl methyl sites for hydroxylation is 2. The molecule has 20 heavy (non-hydrogen) atoms. The summed E-state index contributed by atoms with van der Waals surface area (Å²) >= 11 is 0. The van der Waals surface area contributed by atoms with E-state index >= 15 is 0 Å². The van der Waals surface area contributed by atoms with Gasteiger partial charge in [-0.3, -0.25) is 4.55 Å². The van der Waals surface area contributed by atoms with Crippen molar-refractivity contribution in [3.63, 3.8) is 0 Å². The molecule has 0 aromatic carbocycles. The van der Waals surface area contributed by atoms with E-state index in [0.29, 0.717) is 0 Å². The zero-order valence-electron chi connectivity index (χ0n) is 12.4. The summed E-state index contributed by atoms with van der Waals surface area (Å²) in [6.07, 6.45) is 14.6. The van der Waals surface area contributed by atoms with Crippen molar-refractivity contribution in [3.05, 3.63) is 18.7 Å². The molecular weight excluding hydrogens is 280 g/mol. The number of hydrogen-bond acceptors (Lipinski definition) is 3. The van der Waals surface area contributed by atoms with Gasteiger partial charge in [-0.2, -0.15) is 0 Å². The highest BCUT2D eigenvalue weighted by Gasteiger charge is 2.02. The van der Waals surface area contributed by atoms with Gasteiger partial charge < -0.3 is 4.55 Å². The maximum atomic E-state index is 8.63. The van der Waals surface area contributed by atoms with Crippen LogP contribution in [0, 0.1) is 0 Å². The van der Waals surface area contributed by atoms with E-state index in [1.165, 1.54) is 51.6 Å². The molecule has 0 saturated carbocycles. The van der Waals surface area contributed by atoms with Gasteiger partial charge in [0.2, 0.25) is 16.7 Å². The lowest BCUT2D eigenvalue weighted by molar-refractivity contribution is -0.696. The molecule has 0 spiro atoms. The average molecular weight is 306 g/mol. The lowest BCUT2D eigenvalue weighted by Crippen LogP contribution is -2.30. The van der Waals surface area contributed by atoms with Crippen LogP contribution in [0.1, 0.15) is 52.4 Å². The summed E-state index contributed by atoms with van der Waals surface area (Å²) in [6, 6.07) is 0. The second-order valence-corrected chi connectivity index (χ2v) is 5.59. The van der Waals surface area contributed by atoms with Gasteiger partial charge in [-0.05, 0) is 19.3 Å². The predicted molar refractivity (Wildman–Crippen MR) is 76.0 cm³/mol. The van der Waals surface area contributed by atoms with Crippen molar-refractivity contribution >= 4 is 10.4 Å². The Morgan fingerprint density at radius 1 is 1.15 bits per heavy atom. The Morgan fingerprint density at radius 3 is 2.30 bits per heavy atom. The average Bonchev–Trinajstić information content (AvgIpc) is 2.78. The lowest BCUT2D eigenvalue weighted by Gasteiger charge is -1.96. The Kier molecular flexibility index (Phi) is 10.3. The zero-order chi connectivity index (χ0) is 15.4. The number of imidazole rings is 1. The minimum Gasteiger partial charge on any atom is -0.726 e. The van der Waals surface area contributed by atoms with Crippen LogP contribution >= 0.6 is 0 Å². The summed E-state index contributed by atoms with van der Waals surface area (Å²) in [5.74, 6) is 0. The molecular formula is C13H26N2O4S. The van der Waals surface area contributed by atoms with Gasteiger partial charge in [0.1, 0.15) is 12.4 Å². The third-order valence-electron chi connectivity index (χ3n) is 2.79. The molecule has 0 aliphatic carbocycles. The first-order valence-electron chi connectivity index (χ1n) is 7.10. The summed E-state index contributed by atoms with van der Waals surface area (Å²) < 4.78 is 37.4. The Bertz CT molecular complexity index is 435. The smallest absolute Gasteiger partial charge is 0.243 e. The Balaban J connectivity index is 0.000000621. The molecule has 1 heterocycles. The van der Waals surface area contributed by atoms with E-state index in [-0.39, 0.29) is 0 Å². The van der Waals surface area contributed by atoms with Crippen molar-refractivity contribution < 1.29 is 22.1 Å². The topological polar surface area (TPSA) is 86.2 Å². The molecule has 0 aliphatic heterocycles. The molecule has 0 saturated heterocycles. The molecule has 118 valence electrons. The van der Waals surface area contributed by atoms with E-state index in [0.717, 1.165) is 0 Å². The molecule has 6 nitrogen and oxygen atoms in total. The number of unbranched alkanes of at least 4 members (excludes halogenated alkanes) is 4. The Morgan fingerprint density at radius 2 is 1.75 bits per heavy atom. The quantitative estimate of drug-likeness (QED) is 0.345. The molecule has 1 aromatic rings. The van der Waals surface area contributed by atoms with Gasteiger partial charge in [0.25, 0.3) is 0 Å². The van der Waals surface area contributed by atoms with Gasteiger partial charge in [0.15, 0.2) is 0 Å². The maximum Gasteiger partial charge on any atom is 0.243 e. The second-order valence-electron chi connectivity index (χ2n) is 4.73. The van der Waals surface area contributed by atoms with Crippen LogP contribution in [0.2, 0.25) is 0 Å². The minimum absolute atomic E-state index is 1.17. The van der Waals surface area contributed by atoms with Crippen molar-refractivity contribution in [2.45, 2.75) is 65.5 Å². The largest absolute Gasteiger partial charge is 0.726 e. The number of aromatic nitrogens is 2. The normalized spacial score (nSPS) is 11.0. The van der Waals surface area contributed by atoms with E-state index in [2.05, 4.69) is 41.7 Å². The van der Waals surface area contributed by atoms with Crippen molar-refractivity contribution in [2.24, 2.45) is 0 Å². The van der Waals surface area contributed by atoms with Gasteiger partial charge in [-0.15, -0.1) is 0 Å². The number of nitrogens with zero attached hydrogens (tertiary/aromatic N) is 2. The maximum absolute atomic E-state index is 8.63. The highest BCUT2D eigenvalue weighted by atomic mass is 32.3. The number of hydrogen-bond donors (Lipinski definition) is 1. The summed E-state index contributed by atoms with van der Waals surface area (Å²) in [6.45, 7) is 6.84. The summed E-state index contributed by atoms with van der Waals surface area (Å²) in [5, 5.41) is 0. The molecule has 0 radical (unpaired) electrons. The molecule has 0 aliphatic rings. The SMILES string of the molecule is CCCCCC[n+]1ccn(CCCC)c1.O=S(=O)([O-])O. The van der Waals surface area contributed by atoms with Gasteiger partial charge in [0.05, 0.1) is 13.1 Å². The summed E-state index contributed by atoms with van der Waals surface area (Å²) in [5.41, 5.74) is 0. The highest BCUT2D eigenvalue weighted by Crippen LogP contribution is 1.99. The fraction of sp³-hybridized carbons (Fsp3) is 0.769. The van der Waals surface area contributed by atoms with Crippen LogP contribution in [-0.2, 0) is 23.5 Å². The van der Waals surface area contributed by atoms with Gasteiger partial charge in [-0.1, -0.05) is 33.1 Å². The van der Waals surface area contributed by atoms with Crippen molar-refractivity contribution in [3.8, 4) is 0 Å². The summed E-state index contributed by atoms with van der Waals surface area (Å²) in [7, 11) is -4.92. The molecule has 0 atom stereocenters. The van der Waals surface area contributed by atoms with Crippen LogP contribution in [0.3, 0.4) is 0 Å². The monoisotopic (exact) mass is 306 g/mol. The van der Waals surface area contributed by atoms with Crippen LogP contribution in [0.15, 0.2) is 18.7 Å². The van der Waals surface area contributed by atoms with Crippen LogP contribution in [0.4, 0.5) is 0 Å². The van der Waals surface area contributed by atoms with Crippen molar-refractivity contribution in [2.75, 3.05) is 0 Å². The van der Waals surface area contributed by atoms with Gasteiger partial charge in [-0.25, -0.2) is 17.6 Å². The highest BCUT2D eigenvalue weighted by molar-refractivity contribution is 7.79. The molecule has 0 bridgehead atoms. The third kappa shape index (κ3) is 13.5. The van der Waals surface area contributed by atoms with Crippen LogP contribution in [-0.4, -0.2) is 22.1 Å². The molecule has 0 amide bonds. The minimum atomic E-state index is -4.92. The molecule has 1 N–H and O–H groups in total. The Labute approximate surface area is 122 Å². The van der Waals surface area contributed by atoms with E-state index in [9.17, 15) is 0 Å². The van der Waals surface area contributed by atoms with E-state index in [4.69, 9.17) is 17.5 Å². The Hall–Kier alpha value is -0.920. The van der Waals surface area contributed by atoms with Gasteiger partial charge >= 0.3 is 0 Å². The zero-order valence-corrected chi connectivity index (χ0v) is 13.2. The molecule has 1 rings (SSSR count). The van der Waals surface area contributed by atoms with Crippen molar-refractivity contribution in [1.82, 2.24) is 4.57 Å². The lowest BCUT2D eigenvalue weighted by atomic mass is 10.2. The van der Waals surface area contributed by atoms with Crippen LogP contribution < -0.4 is 4.57 Å². The standard InChI is InChI=1S/C13H25N2.H2O4S/c1-3-5-7-8-10-15-12-11-14(13-15)9-6-4-2;1-5(2,3)4/h11-13H,3-10H2,1-2H3;(H2,1,2,3,4)/q+1;/p-1. The van der Waals surface area contributed by atoms with Crippen LogP contribution in [0.5, 0.6) is 0 Å². The fourth-order valence-electron chi connectivity index (χ4n) is 1.77. The first-order chi connectivity index (χ1) is 9.36. The van der Waals surface area contributed by atoms with E-state index in [1.54, 1.807) is 0 Å². The molecule has 0 unspecified atom stereocenters. The first kappa shape index (κ1) is 19.1. The molecule has 7 heteroatoms. The molecule has 1 aromatic heterocycles. The summed E-state index contributed by atoms with van der Waals surface area (Å²) in [4.78, 5) is 0. The van der Waals surface area contributed by atoms with Crippen LogP contribution in [0.25, 0.3) is 0 Å². The van der Waals surface area contributed by atoms with E-state index in [1.807, 2.05) is 0 Å². The first-order valence-corrected chi connectivity index (χ1v) is 8.46. The van der Waals surface area contributed by atoms with E-state index < -0.39 is 10.4 Å². The second kappa shape index (κ2) is 10.8. The fourth-order valence-corrected chi connectivity index (χ4v) is 1.77.